The van der Waals surface area contributed by atoms with Crippen LogP contribution in [0.4, 0.5) is 0 Å². The van der Waals surface area contributed by atoms with Gasteiger partial charge in [0.25, 0.3) is 0 Å². The van der Waals surface area contributed by atoms with Gasteiger partial charge in [-0.15, -0.1) is 11.3 Å². The molecule has 0 spiro atoms. The Hall–Kier alpha value is -0.340. The zero-order valence-corrected chi connectivity index (χ0v) is 10.9. The molecule has 1 fully saturated rings. The molecule has 1 saturated carbocycles. The van der Waals surface area contributed by atoms with Crippen molar-refractivity contribution in [2.75, 3.05) is 6.54 Å². The second-order valence-corrected chi connectivity index (χ2v) is 6.41. The third-order valence-corrected chi connectivity index (χ3v) is 5.43. The van der Waals surface area contributed by atoms with Crippen LogP contribution in [0.1, 0.15) is 49.1 Å². The van der Waals surface area contributed by atoms with E-state index in [0.29, 0.717) is 6.04 Å². The van der Waals surface area contributed by atoms with E-state index in [1.807, 2.05) is 11.3 Å². The van der Waals surface area contributed by atoms with Crippen molar-refractivity contribution >= 4 is 11.3 Å². The molecule has 0 amide bonds. The summed E-state index contributed by atoms with van der Waals surface area (Å²) >= 11 is 1.95. The van der Waals surface area contributed by atoms with Gasteiger partial charge < -0.3 is 5.32 Å². The lowest BCUT2D eigenvalue weighted by molar-refractivity contribution is 0.191. The molecule has 0 radical (unpaired) electrons. The van der Waals surface area contributed by atoms with Crippen molar-refractivity contribution in [1.29, 1.82) is 0 Å². The van der Waals surface area contributed by atoms with Gasteiger partial charge in [-0.3, -0.25) is 0 Å². The van der Waals surface area contributed by atoms with E-state index in [-0.39, 0.29) is 0 Å². The van der Waals surface area contributed by atoms with E-state index < -0.39 is 0 Å². The molecule has 1 aromatic heterocycles. The van der Waals surface area contributed by atoms with E-state index in [2.05, 4.69) is 23.7 Å². The van der Waals surface area contributed by atoms with Crippen molar-refractivity contribution in [2.45, 2.75) is 45.1 Å². The number of rotatable bonds is 1. The van der Waals surface area contributed by atoms with Gasteiger partial charge in [-0.2, -0.15) is 0 Å². The highest BCUT2D eigenvalue weighted by molar-refractivity contribution is 7.10. The molecule has 88 valence electrons. The largest absolute Gasteiger partial charge is 0.309 e. The maximum Gasteiger partial charge on any atom is 0.0362 e. The van der Waals surface area contributed by atoms with Crippen LogP contribution in [0.15, 0.2) is 11.4 Å². The summed E-state index contributed by atoms with van der Waals surface area (Å²) in [5.41, 5.74) is 1.62. The van der Waals surface area contributed by atoms with E-state index in [1.165, 1.54) is 38.6 Å². The molecule has 3 atom stereocenters. The van der Waals surface area contributed by atoms with E-state index in [4.69, 9.17) is 0 Å². The summed E-state index contributed by atoms with van der Waals surface area (Å²) < 4.78 is 0. The third-order valence-electron chi connectivity index (χ3n) is 4.44. The van der Waals surface area contributed by atoms with Crippen LogP contribution in [0.3, 0.4) is 0 Å². The Balaban J connectivity index is 1.85. The number of thiophene rings is 1. The fourth-order valence-electron chi connectivity index (χ4n) is 3.50. The molecule has 3 rings (SSSR count). The summed E-state index contributed by atoms with van der Waals surface area (Å²) in [6, 6.07) is 3.02. The SMILES string of the molecule is CC1CCCCC1C1NCCc2sccc21. The molecule has 0 aromatic carbocycles. The molecule has 1 nitrogen and oxygen atoms in total. The van der Waals surface area contributed by atoms with Crippen molar-refractivity contribution in [3.8, 4) is 0 Å². The van der Waals surface area contributed by atoms with Crippen molar-refractivity contribution in [1.82, 2.24) is 5.32 Å². The van der Waals surface area contributed by atoms with Gasteiger partial charge in [-0.25, -0.2) is 0 Å². The molecule has 1 aliphatic heterocycles. The first-order valence-corrected chi connectivity index (χ1v) is 7.54. The molecular weight excluding hydrogens is 214 g/mol. The van der Waals surface area contributed by atoms with Crippen LogP contribution in [-0.4, -0.2) is 6.54 Å². The minimum atomic E-state index is 0.658. The molecule has 1 aromatic rings. The summed E-state index contributed by atoms with van der Waals surface area (Å²) in [6.45, 7) is 3.63. The topological polar surface area (TPSA) is 12.0 Å². The van der Waals surface area contributed by atoms with E-state index in [1.54, 1.807) is 10.4 Å². The zero-order chi connectivity index (χ0) is 11.0. The molecule has 16 heavy (non-hydrogen) atoms. The van der Waals surface area contributed by atoms with Gasteiger partial charge in [-0.05, 0) is 41.7 Å². The van der Waals surface area contributed by atoms with Gasteiger partial charge in [0.1, 0.15) is 0 Å². The Kier molecular flexibility index (Phi) is 3.03. The Morgan fingerprint density at radius 2 is 2.19 bits per heavy atom. The Labute approximate surface area is 102 Å². The normalized spacial score (nSPS) is 34.7. The van der Waals surface area contributed by atoms with Crippen molar-refractivity contribution in [3.63, 3.8) is 0 Å². The van der Waals surface area contributed by atoms with Gasteiger partial charge in [0.15, 0.2) is 0 Å². The standard InChI is InChI=1S/C14H21NS/c1-10-4-2-3-5-11(10)14-12-7-9-16-13(12)6-8-15-14/h7,9-11,14-15H,2-6,8H2,1H3. The number of hydrogen-bond acceptors (Lipinski definition) is 2. The Bertz CT molecular complexity index is 357. The molecule has 1 N–H and O–H groups in total. The monoisotopic (exact) mass is 235 g/mol. The van der Waals surface area contributed by atoms with Crippen LogP contribution in [0.5, 0.6) is 0 Å². The van der Waals surface area contributed by atoms with Crippen LogP contribution in [0.2, 0.25) is 0 Å². The highest BCUT2D eigenvalue weighted by Gasteiger charge is 2.32. The summed E-state index contributed by atoms with van der Waals surface area (Å²) in [6.07, 6.45) is 6.98. The van der Waals surface area contributed by atoms with Crippen LogP contribution >= 0.6 is 11.3 Å². The molecular formula is C14H21NS. The summed E-state index contributed by atoms with van der Waals surface area (Å²) in [4.78, 5) is 1.64. The number of fused-ring (bicyclic) bond motifs is 1. The van der Waals surface area contributed by atoms with Crippen LogP contribution in [-0.2, 0) is 6.42 Å². The van der Waals surface area contributed by atoms with Gasteiger partial charge in [0.2, 0.25) is 0 Å². The Morgan fingerprint density at radius 3 is 3.06 bits per heavy atom. The second-order valence-electron chi connectivity index (χ2n) is 5.41. The second kappa shape index (κ2) is 4.50. The first-order chi connectivity index (χ1) is 7.86. The predicted molar refractivity (Wildman–Crippen MR) is 69.9 cm³/mol. The van der Waals surface area contributed by atoms with Crippen LogP contribution in [0, 0.1) is 11.8 Å². The lowest BCUT2D eigenvalue weighted by Gasteiger charge is -2.38. The maximum absolute atomic E-state index is 3.77. The zero-order valence-electron chi connectivity index (χ0n) is 10.0. The predicted octanol–water partition coefficient (Wildman–Crippen LogP) is 3.76. The molecule has 3 unspecified atom stereocenters. The van der Waals surface area contributed by atoms with E-state index >= 15 is 0 Å². The third kappa shape index (κ3) is 1.82. The molecule has 1 aliphatic carbocycles. The van der Waals surface area contributed by atoms with E-state index in [0.717, 1.165) is 11.8 Å². The van der Waals surface area contributed by atoms with Crippen molar-refractivity contribution in [2.24, 2.45) is 11.8 Å². The minimum Gasteiger partial charge on any atom is -0.309 e. The average Bonchev–Trinajstić information content (AvgIpc) is 2.77. The maximum atomic E-state index is 3.77. The Morgan fingerprint density at radius 1 is 1.31 bits per heavy atom. The number of nitrogens with one attached hydrogen (secondary N) is 1. The highest BCUT2D eigenvalue weighted by Crippen LogP contribution is 2.41. The molecule has 2 heteroatoms. The molecule has 2 aliphatic rings. The average molecular weight is 235 g/mol. The lowest BCUT2D eigenvalue weighted by atomic mass is 9.73. The fraction of sp³-hybridized carbons (Fsp3) is 0.714. The number of hydrogen-bond donors (Lipinski definition) is 1. The molecule has 0 saturated heterocycles. The first kappa shape index (κ1) is 10.8. The molecule has 2 heterocycles. The quantitative estimate of drug-likeness (QED) is 0.781. The van der Waals surface area contributed by atoms with Gasteiger partial charge in [0, 0.05) is 17.5 Å². The molecule has 0 bridgehead atoms. The summed E-state index contributed by atoms with van der Waals surface area (Å²) in [5, 5.41) is 6.04. The highest BCUT2D eigenvalue weighted by atomic mass is 32.1. The fourth-order valence-corrected chi connectivity index (χ4v) is 4.43. The van der Waals surface area contributed by atoms with Crippen molar-refractivity contribution in [3.05, 3.63) is 21.9 Å². The van der Waals surface area contributed by atoms with Crippen LogP contribution < -0.4 is 5.32 Å². The summed E-state index contributed by atoms with van der Waals surface area (Å²) in [5.74, 6) is 1.78. The smallest absolute Gasteiger partial charge is 0.0362 e. The minimum absolute atomic E-state index is 0.658. The first-order valence-electron chi connectivity index (χ1n) is 6.66. The van der Waals surface area contributed by atoms with Gasteiger partial charge >= 0.3 is 0 Å². The van der Waals surface area contributed by atoms with E-state index in [9.17, 15) is 0 Å². The van der Waals surface area contributed by atoms with Crippen molar-refractivity contribution < 1.29 is 0 Å². The van der Waals surface area contributed by atoms with Gasteiger partial charge in [-0.1, -0.05) is 26.2 Å². The van der Waals surface area contributed by atoms with Gasteiger partial charge in [0.05, 0.1) is 0 Å². The van der Waals surface area contributed by atoms with Crippen LogP contribution in [0.25, 0.3) is 0 Å². The summed E-state index contributed by atoms with van der Waals surface area (Å²) in [7, 11) is 0. The lowest BCUT2D eigenvalue weighted by Crippen LogP contribution is -2.37.